The molecule has 0 fully saturated rings. The molecule has 1 N–H and O–H groups in total. The first-order valence-electron chi connectivity index (χ1n) is 6.11. The minimum absolute atomic E-state index is 0.124. The zero-order valence-corrected chi connectivity index (χ0v) is 10.1. The topological polar surface area (TPSA) is 23.5 Å². The van der Waals surface area contributed by atoms with Crippen molar-refractivity contribution in [2.75, 3.05) is 19.6 Å². The number of hydrogen-bond acceptors (Lipinski definition) is 2. The standard InChI is InChI=1S/C12H27NO/c1-4-9-13(10-5-2)11-7-6-8-12(3)14/h12,14H,4-11H2,1-3H3. The Morgan fingerprint density at radius 1 is 1.00 bits per heavy atom. The molecule has 86 valence electrons. The van der Waals surface area contributed by atoms with Crippen molar-refractivity contribution in [3.05, 3.63) is 0 Å². The predicted molar refractivity (Wildman–Crippen MR) is 62.6 cm³/mol. The fraction of sp³-hybridized carbons (Fsp3) is 1.00. The van der Waals surface area contributed by atoms with Crippen LogP contribution in [0.5, 0.6) is 0 Å². The van der Waals surface area contributed by atoms with Gasteiger partial charge >= 0.3 is 0 Å². The number of rotatable bonds is 9. The highest BCUT2D eigenvalue weighted by atomic mass is 16.3. The van der Waals surface area contributed by atoms with E-state index < -0.39 is 0 Å². The van der Waals surface area contributed by atoms with E-state index in [4.69, 9.17) is 5.11 Å². The lowest BCUT2D eigenvalue weighted by Crippen LogP contribution is -2.26. The van der Waals surface area contributed by atoms with Crippen LogP contribution < -0.4 is 0 Å². The molecule has 0 saturated carbocycles. The molecular formula is C12H27NO. The Morgan fingerprint density at radius 3 is 2.00 bits per heavy atom. The molecule has 0 spiro atoms. The van der Waals surface area contributed by atoms with E-state index in [-0.39, 0.29) is 6.10 Å². The van der Waals surface area contributed by atoms with E-state index in [0.717, 1.165) is 12.8 Å². The zero-order valence-electron chi connectivity index (χ0n) is 10.1. The van der Waals surface area contributed by atoms with Gasteiger partial charge in [0.15, 0.2) is 0 Å². The van der Waals surface area contributed by atoms with Gasteiger partial charge in [-0.25, -0.2) is 0 Å². The minimum Gasteiger partial charge on any atom is -0.393 e. The molecule has 1 atom stereocenters. The SMILES string of the molecule is CCCN(CCC)CCCCC(C)O. The monoisotopic (exact) mass is 201 g/mol. The summed E-state index contributed by atoms with van der Waals surface area (Å²) >= 11 is 0. The molecule has 14 heavy (non-hydrogen) atoms. The molecule has 0 aliphatic rings. The Morgan fingerprint density at radius 2 is 1.57 bits per heavy atom. The summed E-state index contributed by atoms with van der Waals surface area (Å²) in [4.78, 5) is 2.53. The van der Waals surface area contributed by atoms with Crippen LogP contribution in [0.25, 0.3) is 0 Å². The smallest absolute Gasteiger partial charge is 0.0512 e. The Bertz CT molecular complexity index is 109. The molecule has 0 heterocycles. The summed E-state index contributed by atoms with van der Waals surface area (Å²) in [6.45, 7) is 9.99. The van der Waals surface area contributed by atoms with Gasteiger partial charge in [0.05, 0.1) is 6.10 Å². The highest BCUT2D eigenvalue weighted by molar-refractivity contribution is 4.57. The van der Waals surface area contributed by atoms with Gasteiger partial charge in [-0.1, -0.05) is 13.8 Å². The first kappa shape index (κ1) is 13.9. The molecule has 0 aromatic carbocycles. The maximum atomic E-state index is 9.11. The third-order valence-corrected chi connectivity index (χ3v) is 2.43. The van der Waals surface area contributed by atoms with Gasteiger partial charge in [0, 0.05) is 0 Å². The van der Waals surface area contributed by atoms with Crippen LogP contribution in [0.15, 0.2) is 0 Å². The predicted octanol–water partition coefficient (Wildman–Crippen LogP) is 2.66. The Labute approximate surface area is 89.3 Å². The van der Waals surface area contributed by atoms with Gasteiger partial charge < -0.3 is 10.0 Å². The molecule has 2 nitrogen and oxygen atoms in total. The quantitative estimate of drug-likeness (QED) is 0.580. The van der Waals surface area contributed by atoms with E-state index in [2.05, 4.69) is 18.7 Å². The third kappa shape index (κ3) is 8.52. The summed E-state index contributed by atoms with van der Waals surface area (Å²) in [5, 5.41) is 9.11. The normalized spacial score (nSPS) is 13.5. The Hall–Kier alpha value is -0.0800. The summed E-state index contributed by atoms with van der Waals surface area (Å²) < 4.78 is 0. The third-order valence-electron chi connectivity index (χ3n) is 2.43. The van der Waals surface area contributed by atoms with Crippen LogP contribution in [0.4, 0.5) is 0 Å². The molecule has 0 aliphatic heterocycles. The summed E-state index contributed by atoms with van der Waals surface area (Å²) in [5.74, 6) is 0. The van der Waals surface area contributed by atoms with Crippen LogP contribution in [-0.4, -0.2) is 35.7 Å². The molecule has 0 amide bonds. The average Bonchev–Trinajstić information content (AvgIpc) is 2.12. The van der Waals surface area contributed by atoms with E-state index in [1.807, 2.05) is 6.92 Å². The first-order valence-corrected chi connectivity index (χ1v) is 6.11. The van der Waals surface area contributed by atoms with Crippen molar-refractivity contribution in [2.45, 2.75) is 59.0 Å². The van der Waals surface area contributed by atoms with Gasteiger partial charge in [0.2, 0.25) is 0 Å². The fourth-order valence-electron chi connectivity index (χ4n) is 1.74. The van der Waals surface area contributed by atoms with Crippen molar-refractivity contribution in [3.8, 4) is 0 Å². The zero-order chi connectivity index (χ0) is 10.8. The van der Waals surface area contributed by atoms with Crippen LogP contribution in [-0.2, 0) is 0 Å². The number of hydrogen-bond donors (Lipinski definition) is 1. The molecular weight excluding hydrogens is 174 g/mol. The van der Waals surface area contributed by atoms with Gasteiger partial charge in [-0.3, -0.25) is 0 Å². The van der Waals surface area contributed by atoms with Gasteiger partial charge in [0.25, 0.3) is 0 Å². The molecule has 0 aromatic heterocycles. The Kier molecular flexibility index (Phi) is 9.42. The summed E-state index contributed by atoms with van der Waals surface area (Å²) in [7, 11) is 0. The van der Waals surface area contributed by atoms with E-state index in [1.54, 1.807) is 0 Å². The van der Waals surface area contributed by atoms with Crippen molar-refractivity contribution in [2.24, 2.45) is 0 Å². The van der Waals surface area contributed by atoms with Crippen molar-refractivity contribution >= 4 is 0 Å². The molecule has 0 rings (SSSR count). The van der Waals surface area contributed by atoms with Crippen molar-refractivity contribution in [1.82, 2.24) is 4.90 Å². The molecule has 0 saturated heterocycles. The molecule has 0 bridgehead atoms. The maximum Gasteiger partial charge on any atom is 0.0512 e. The van der Waals surface area contributed by atoms with Gasteiger partial charge in [-0.2, -0.15) is 0 Å². The second-order valence-corrected chi connectivity index (χ2v) is 4.19. The summed E-state index contributed by atoms with van der Waals surface area (Å²) in [5.41, 5.74) is 0. The van der Waals surface area contributed by atoms with E-state index in [9.17, 15) is 0 Å². The van der Waals surface area contributed by atoms with Crippen molar-refractivity contribution in [3.63, 3.8) is 0 Å². The molecule has 0 radical (unpaired) electrons. The maximum absolute atomic E-state index is 9.11. The molecule has 0 aliphatic carbocycles. The van der Waals surface area contributed by atoms with Crippen LogP contribution in [0, 0.1) is 0 Å². The second-order valence-electron chi connectivity index (χ2n) is 4.19. The number of aliphatic hydroxyl groups excluding tert-OH is 1. The van der Waals surface area contributed by atoms with Crippen molar-refractivity contribution in [1.29, 1.82) is 0 Å². The molecule has 1 unspecified atom stereocenters. The number of aliphatic hydroxyl groups is 1. The highest BCUT2D eigenvalue weighted by Crippen LogP contribution is 2.03. The van der Waals surface area contributed by atoms with Crippen LogP contribution in [0.3, 0.4) is 0 Å². The lowest BCUT2D eigenvalue weighted by atomic mass is 10.1. The lowest BCUT2D eigenvalue weighted by Gasteiger charge is -2.20. The highest BCUT2D eigenvalue weighted by Gasteiger charge is 2.02. The largest absolute Gasteiger partial charge is 0.393 e. The van der Waals surface area contributed by atoms with E-state index in [1.165, 1.54) is 38.9 Å². The number of unbranched alkanes of at least 4 members (excludes halogenated alkanes) is 1. The summed E-state index contributed by atoms with van der Waals surface area (Å²) in [6, 6.07) is 0. The molecule has 0 aromatic rings. The van der Waals surface area contributed by atoms with E-state index in [0.29, 0.717) is 0 Å². The van der Waals surface area contributed by atoms with E-state index >= 15 is 0 Å². The van der Waals surface area contributed by atoms with Crippen LogP contribution in [0.2, 0.25) is 0 Å². The summed E-state index contributed by atoms with van der Waals surface area (Å²) in [6.07, 6.45) is 5.70. The van der Waals surface area contributed by atoms with Gasteiger partial charge in [-0.05, 0) is 58.7 Å². The fourth-order valence-corrected chi connectivity index (χ4v) is 1.74. The molecule has 2 heteroatoms. The van der Waals surface area contributed by atoms with Crippen LogP contribution in [0.1, 0.15) is 52.9 Å². The first-order chi connectivity index (χ1) is 6.70. The minimum atomic E-state index is -0.124. The van der Waals surface area contributed by atoms with Gasteiger partial charge in [-0.15, -0.1) is 0 Å². The van der Waals surface area contributed by atoms with Crippen LogP contribution >= 0.6 is 0 Å². The average molecular weight is 201 g/mol. The van der Waals surface area contributed by atoms with Gasteiger partial charge in [0.1, 0.15) is 0 Å². The Balaban J connectivity index is 3.40. The van der Waals surface area contributed by atoms with Crippen molar-refractivity contribution < 1.29 is 5.11 Å². The number of nitrogens with zero attached hydrogens (tertiary/aromatic N) is 1. The second kappa shape index (κ2) is 9.47. The lowest BCUT2D eigenvalue weighted by molar-refractivity contribution is 0.176.